The van der Waals surface area contributed by atoms with Crippen molar-refractivity contribution in [3.63, 3.8) is 0 Å². The van der Waals surface area contributed by atoms with E-state index in [2.05, 4.69) is 10.4 Å². The van der Waals surface area contributed by atoms with Gasteiger partial charge in [-0.2, -0.15) is 5.10 Å². The molecule has 0 atom stereocenters. The lowest BCUT2D eigenvalue weighted by atomic mass is 9.97. The molecule has 0 unspecified atom stereocenters. The molecule has 8 heteroatoms. The van der Waals surface area contributed by atoms with E-state index < -0.39 is 0 Å². The van der Waals surface area contributed by atoms with Crippen LogP contribution in [0.25, 0.3) is 10.2 Å². The van der Waals surface area contributed by atoms with Gasteiger partial charge in [-0.05, 0) is 31.2 Å². The van der Waals surface area contributed by atoms with E-state index in [1.165, 1.54) is 16.9 Å². The Kier molecular flexibility index (Phi) is 4.05. The van der Waals surface area contributed by atoms with Crippen molar-refractivity contribution < 1.29 is 0 Å². The van der Waals surface area contributed by atoms with E-state index in [-0.39, 0.29) is 5.56 Å². The SMILES string of the molecule is Cn1c(NCCn2cc(Cl)cn2)nc2sc3c(c2c1=O)CCCC3. The first-order valence-corrected chi connectivity index (χ1v) is 9.26. The molecule has 3 aromatic heterocycles. The van der Waals surface area contributed by atoms with Crippen molar-refractivity contribution in [1.82, 2.24) is 19.3 Å². The van der Waals surface area contributed by atoms with Crippen molar-refractivity contribution in [2.24, 2.45) is 7.05 Å². The quantitative estimate of drug-likeness (QED) is 0.774. The monoisotopic (exact) mass is 363 g/mol. The molecule has 0 saturated heterocycles. The van der Waals surface area contributed by atoms with Gasteiger partial charge in [-0.1, -0.05) is 11.6 Å². The molecule has 24 heavy (non-hydrogen) atoms. The molecule has 126 valence electrons. The Morgan fingerprint density at radius 2 is 2.21 bits per heavy atom. The van der Waals surface area contributed by atoms with E-state index in [4.69, 9.17) is 16.6 Å². The molecular weight excluding hydrogens is 346 g/mol. The van der Waals surface area contributed by atoms with Crippen LogP contribution < -0.4 is 10.9 Å². The third-order valence-corrected chi connectivity index (χ3v) is 5.80. The standard InChI is InChI=1S/C16H18ClN5OS/c1-21-15(23)13-11-4-2-3-5-12(11)24-14(13)20-16(21)18-6-7-22-9-10(17)8-19-22/h8-9H,2-7H2,1H3,(H,18,20). The fourth-order valence-electron chi connectivity index (χ4n) is 3.19. The van der Waals surface area contributed by atoms with Gasteiger partial charge in [0.25, 0.3) is 5.56 Å². The molecule has 1 N–H and O–H groups in total. The van der Waals surface area contributed by atoms with Gasteiger partial charge in [0.2, 0.25) is 5.95 Å². The highest BCUT2D eigenvalue weighted by molar-refractivity contribution is 7.18. The third kappa shape index (κ3) is 2.71. The van der Waals surface area contributed by atoms with Gasteiger partial charge in [-0.15, -0.1) is 11.3 Å². The van der Waals surface area contributed by atoms with Crippen molar-refractivity contribution in [3.05, 3.63) is 38.2 Å². The number of halogens is 1. The van der Waals surface area contributed by atoms with Crippen LogP contribution in [0.15, 0.2) is 17.2 Å². The number of aryl methyl sites for hydroxylation is 2. The zero-order valence-corrected chi connectivity index (χ0v) is 15.0. The maximum atomic E-state index is 12.8. The second-order valence-corrected chi connectivity index (χ2v) is 7.56. The van der Waals surface area contributed by atoms with E-state index in [1.807, 2.05) is 0 Å². The first-order valence-electron chi connectivity index (χ1n) is 8.06. The summed E-state index contributed by atoms with van der Waals surface area (Å²) < 4.78 is 3.37. The first-order chi connectivity index (χ1) is 11.6. The highest BCUT2D eigenvalue weighted by atomic mass is 35.5. The van der Waals surface area contributed by atoms with Crippen LogP contribution >= 0.6 is 22.9 Å². The van der Waals surface area contributed by atoms with E-state index >= 15 is 0 Å². The Hall–Kier alpha value is -1.86. The van der Waals surface area contributed by atoms with Crippen LogP contribution in [-0.4, -0.2) is 25.9 Å². The summed E-state index contributed by atoms with van der Waals surface area (Å²) in [5.74, 6) is 0.601. The molecular formula is C16H18ClN5OS. The molecule has 1 aliphatic rings. The van der Waals surface area contributed by atoms with Crippen molar-refractivity contribution in [3.8, 4) is 0 Å². The number of rotatable bonds is 4. The maximum absolute atomic E-state index is 12.8. The molecule has 0 fully saturated rings. The Bertz CT molecular complexity index is 957. The van der Waals surface area contributed by atoms with Crippen molar-refractivity contribution >= 4 is 39.1 Å². The second kappa shape index (κ2) is 6.22. The first kappa shape index (κ1) is 15.7. The lowest BCUT2D eigenvalue weighted by Crippen LogP contribution is -2.24. The summed E-state index contributed by atoms with van der Waals surface area (Å²) in [5.41, 5.74) is 1.27. The Labute approximate surface area is 148 Å². The highest BCUT2D eigenvalue weighted by Gasteiger charge is 2.20. The van der Waals surface area contributed by atoms with Crippen LogP contribution in [0.1, 0.15) is 23.3 Å². The third-order valence-electron chi connectivity index (χ3n) is 4.42. The summed E-state index contributed by atoms with van der Waals surface area (Å²) >= 11 is 7.53. The summed E-state index contributed by atoms with van der Waals surface area (Å²) in [6, 6.07) is 0. The molecule has 6 nitrogen and oxygen atoms in total. The summed E-state index contributed by atoms with van der Waals surface area (Å²) in [4.78, 5) is 19.7. The van der Waals surface area contributed by atoms with Crippen LogP contribution in [0.5, 0.6) is 0 Å². The Morgan fingerprint density at radius 1 is 1.38 bits per heavy atom. The average Bonchev–Trinajstić information content (AvgIpc) is 3.15. The second-order valence-electron chi connectivity index (χ2n) is 6.04. The molecule has 3 aromatic rings. The molecule has 0 aliphatic heterocycles. The molecule has 0 amide bonds. The smallest absolute Gasteiger partial charge is 0.263 e. The minimum absolute atomic E-state index is 0.0454. The van der Waals surface area contributed by atoms with Crippen LogP contribution in [0.4, 0.5) is 5.95 Å². The molecule has 3 heterocycles. The molecule has 0 bridgehead atoms. The number of nitrogens with one attached hydrogen (secondary N) is 1. The van der Waals surface area contributed by atoms with Crippen LogP contribution in [0, 0.1) is 0 Å². The van der Waals surface area contributed by atoms with E-state index in [9.17, 15) is 4.79 Å². The number of fused-ring (bicyclic) bond motifs is 3. The average molecular weight is 364 g/mol. The van der Waals surface area contributed by atoms with Crippen LogP contribution in [0.2, 0.25) is 5.02 Å². The zero-order valence-electron chi connectivity index (χ0n) is 13.4. The van der Waals surface area contributed by atoms with Gasteiger partial charge in [-0.3, -0.25) is 14.0 Å². The fourth-order valence-corrected chi connectivity index (χ4v) is 4.59. The molecule has 0 aromatic carbocycles. The van der Waals surface area contributed by atoms with Gasteiger partial charge in [0.05, 0.1) is 23.2 Å². The summed E-state index contributed by atoms with van der Waals surface area (Å²) in [7, 11) is 1.77. The van der Waals surface area contributed by atoms with Gasteiger partial charge < -0.3 is 5.32 Å². The molecule has 0 spiro atoms. The topological polar surface area (TPSA) is 64.7 Å². The number of hydrogen-bond acceptors (Lipinski definition) is 5. The minimum Gasteiger partial charge on any atom is -0.354 e. The molecule has 4 rings (SSSR count). The van der Waals surface area contributed by atoms with Gasteiger partial charge in [-0.25, -0.2) is 4.98 Å². The molecule has 0 radical (unpaired) electrons. The highest BCUT2D eigenvalue weighted by Crippen LogP contribution is 2.34. The Morgan fingerprint density at radius 3 is 3.00 bits per heavy atom. The summed E-state index contributed by atoms with van der Waals surface area (Å²) in [5, 5.41) is 8.82. The van der Waals surface area contributed by atoms with Crippen LogP contribution in [-0.2, 0) is 26.4 Å². The summed E-state index contributed by atoms with van der Waals surface area (Å²) in [6.45, 7) is 1.27. The number of hydrogen-bond donors (Lipinski definition) is 1. The normalized spacial score (nSPS) is 14.1. The van der Waals surface area contributed by atoms with Crippen LogP contribution in [0.3, 0.4) is 0 Å². The van der Waals surface area contributed by atoms with Crippen molar-refractivity contribution in [2.75, 3.05) is 11.9 Å². The zero-order chi connectivity index (χ0) is 16.7. The fraction of sp³-hybridized carbons (Fsp3) is 0.438. The number of anilines is 1. The lowest BCUT2D eigenvalue weighted by Gasteiger charge is -2.12. The van der Waals surface area contributed by atoms with Gasteiger partial charge in [0, 0.05) is 24.7 Å². The van der Waals surface area contributed by atoms with Crippen molar-refractivity contribution in [1.29, 1.82) is 0 Å². The Balaban J connectivity index is 1.61. The number of aromatic nitrogens is 4. The minimum atomic E-state index is 0.0454. The largest absolute Gasteiger partial charge is 0.354 e. The predicted molar refractivity (Wildman–Crippen MR) is 97.2 cm³/mol. The predicted octanol–water partition coefficient (Wildman–Crippen LogP) is 2.84. The van der Waals surface area contributed by atoms with E-state index in [0.29, 0.717) is 24.1 Å². The lowest BCUT2D eigenvalue weighted by molar-refractivity contribution is 0.633. The number of thiophene rings is 1. The van der Waals surface area contributed by atoms with Gasteiger partial charge in [0.15, 0.2) is 0 Å². The maximum Gasteiger partial charge on any atom is 0.263 e. The van der Waals surface area contributed by atoms with E-state index in [1.54, 1.807) is 40.0 Å². The molecule has 0 saturated carbocycles. The van der Waals surface area contributed by atoms with Gasteiger partial charge in [0.1, 0.15) is 4.83 Å². The van der Waals surface area contributed by atoms with Crippen molar-refractivity contribution in [2.45, 2.75) is 32.2 Å². The molecule has 1 aliphatic carbocycles. The van der Waals surface area contributed by atoms with Gasteiger partial charge >= 0.3 is 0 Å². The van der Waals surface area contributed by atoms with E-state index in [0.717, 1.165) is 29.5 Å². The summed E-state index contributed by atoms with van der Waals surface area (Å²) in [6.07, 6.45) is 7.82. The number of nitrogens with zero attached hydrogens (tertiary/aromatic N) is 4.